The van der Waals surface area contributed by atoms with Gasteiger partial charge in [0.25, 0.3) is 0 Å². The van der Waals surface area contributed by atoms with Crippen molar-refractivity contribution in [2.75, 3.05) is 19.6 Å². The Morgan fingerprint density at radius 3 is 2.84 bits per heavy atom. The fourth-order valence-corrected chi connectivity index (χ4v) is 5.42. The summed E-state index contributed by atoms with van der Waals surface area (Å²) in [6, 6.07) is 0. The standard InChI is InChI=1S/C21H29NO3/c1-13-17(23)8-6-14-5-7-15-16(20(24)25-19(15)18(13)14)11-22-10-4-9-21(2,3)12-22/h6,8,14-16,19H,4-5,7,9-12H2,1-3H3. The van der Waals surface area contributed by atoms with Crippen LogP contribution >= 0.6 is 0 Å². The summed E-state index contributed by atoms with van der Waals surface area (Å²) < 4.78 is 5.85. The summed E-state index contributed by atoms with van der Waals surface area (Å²) in [4.78, 5) is 27.2. The number of piperidine rings is 1. The van der Waals surface area contributed by atoms with E-state index >= 15 is 0 Å². The van der Waals surface area contributed by atoms with E-state index in [1.54, 1.807) is 6.08 Å². The van der Waals surface area contributed by atoms with Crippen molar-refractivity contribution in [3.05, 3.63) is 23.3 Å². The van der Waals surface area contributed by atoms with Gasteiger partial charge in [-0.25, -0.2) is 0 Å². The molecule has 2 heterocycles. The lowest BCUT2D eigenvalue weighted by atomic mass is 9.69. The molecule has 4 heteroatoms. The summed E-state index contributed by atoms with van der Waals surface area (Å²) in [6.45, 7) is 9.47. The van der Waals surface area contributed by atoms with E-state index in [0.717, 1.165) is 43.6 Å². The fraction of sp³-hybridized carbons (Fsp3) is 0.714. The number of carbonyl (C=O) groups is 2. The second-order valence-electron chi connectivity index (χ2n) is 9.12. The molecule has 4 atom stereocenters. The van der Waals surface area contributed by atoms with Crippen molar-refractivity contribution in [2.45, 2.75) is 52.6 Å². The van der Waals surface area contributed by atoms with Crippen LogP contribution in [0.1, 0.15) is 46.5 Å². The van der Waals surface area contributed by atoms with E-state index in [9.17, 15) is 9.59 Å². The number of ketones is 1. The minimum Gasteiger partial charge on any atom is -0.457 e. The lowest BCUT2D eigenvalue weighted by Gasteiger charge is -2.40. The lowest BCUT2D eigenvalue weighted by Crippen LogP contribution is -2.45. The highest BCUT2D eigenvalue weighted by atomic mass is 16.6. The van der Waals surface area contributed by atoms with Crippen LogP contribution in [0.15, 0.2) is 23.3 Å². The molecule has 2 saturated heterocycles. The van der Waals surface area contributed by atoms with Crippen molar-refractivity contribution in [2.24, 2.45) is 23.2 Å². The summed E-state index contributed by atoms with van der Waals surface area (Å²) in [5.74, 6) is 0.490. The molecule has 4 rings (SSSR count). The molecular weight excluding hydrogens is 314 g/mol. The number of hydrogen-bond donors (Lipinski definition) is 0. The minimum absolute atomic E-state index is 0.0406. The highest BCUT2D eigenvalue weighted by Crippen LogP contribution is 2.47. The first-order chi connectivity index (χ1) is 11.9. The van der Waals surface area contributed by atoms with Crippen LogP contribution in [-0.2, 0) is 14.3 Å². The number of fused-ring (bicyclic) bond motifs is 3. The van der Waals surface area contributed by atoms with Gasteiger partial charge < -0.3 is 9.64 Å². The third-order valence-corrected chi connectivity index (χ3v) is 6.69. The molecule has 25 heavy (non-hydrogen) atoms. The highest BCUT2D eigenvalue weighted by molar-refractivity contribution is 6.05. The summed E-state index contributed by atoms with van der Waals surface area (Å²) in [6.07, 6.45) is 8.02. The topological polar surface area (TPSA) is 46.6 Å². The van der Waals surface area contributed by atoms with Crippen LogP contribution in [0.4, 0.5) is 0 Å². The molecule has 0 spiro atoms. The number of carbonyl (C=O) groups excluding carboxylic acids is 2. The highest BCUT2D eigenvalue weighted by Gasteiger charge is 2.51. The number of hydrogen-bond acceptors (Lipinski definition) is 4. The Balaban J connectivity index is 1.54. The SMILES string of the molecule is CC1=C2C(C=CC1=O)CCC1C(CN3CCCC(C)(C)C3)C(=O)OC21. The van der Waals surface area contributed by atoms with Crippen LogP contribution in [0.5, 0.6) is 0 Å². The molecule has 3 fully saturated rings. The minimum atomic E-state index is -0.178. The number of esters is 1. The number of likely N-dealkylation sites (tertiary alicyclic amines) is 1. The maximum absolute atomic E-state index is 12.7. The van der Waals surface area contributed by atoms with E-state index in [1.165, 1.54) is 12.8 Å². The third kappa shape index (κ3) is 2.99. The maximum Gasteiger partial charge on any atom is 0.311 e. The molecule has 1 saturated carbocycles. The van der Waals surface area contributed by atoms with Crippen LogP contribution in [0, 0.1) is 23.2 Å². The molecular formula is C21H29NO3. The summed E-state index contributed by atoms with van der Waals surface area (Å²) in [5.41, 5.74) is 2.21. The Bertz CT molecular complexity index is 660. The van der Waals surface area contributed by atoms with E-state index in [1.807, 2.05) is 13.0 Å². The zero-order chi connectivity index (χ0) is 17.8. The van der Waals surface area contributed by atoms with Gasteiger partial charge in [-0.1, -0.05) is 19.9 Å². The molecule has 2 aliphatic heterocycles. The van der Waals surface area contributed by atoms with Crippen molar-refractivity contribution >= 4 is 11.8 Å². The average molecular weight is 343 g/mol. The predicted octanol–water partition coefficient (Wildman–Crippen LogP) is 3.13. The fourth-order valence-electron chi connectivity index (χ4n) is 5.42. The van der Waals surface area contributed by atoms with Gasteiger partial charge in [0.15, 0.2) is 5.78 Å². The molecule has 0 amide bonds. The summed E-state index contributed by atoms with van der Waals surface area (Å²) >= 11 is 0. The van der Waals surface area contributed by atoms with Gasteiger partial charge in [-0.15, -0.1) is 0 Å². The first kappa shape index (κ1) is 17.0. The van der Waals surface area contributed by atoms with Crippen LogP contribution < -0.4 is 0 Å². The van der Waals surface area contributed by atoms with Gasteiger partial charge in [0.2, 0.25) is 0 Å². The molecule has 0 bridgehead atoms. The van der Waals surface area contributed by atoms with E-state index in [-0.39, 0.29) is 35.6 Å². The Hall–Kier alpha value is -1.42. The molecule has 2 aliphatic carbocycles. The summed E-state index contributed by atoms with van der Waals surface area (Å²) in [7, 11) is 0. The molecule has 4 nitrogen and oxygen atoms in total. The van der Waals surface area contributed by atoms with Crippen LogP contribution in [0.25, 0.3) is 0 Å². The Kier molecular flexibility index (Phi) is 4.14. The summed E-state index contributed by atoms with van der Waals surface area (Å²) in [5, 5.41) is 0. The smallest absolute Gasteiger partial charge is 0.311 e. The van der Waals surface area contributed by atoms with E-state index in [0.29, 0.717) is 5.41 Å². The number of rotatable bonds is 2. The number of allylic oxidation sites excluding steroid dienone is 3. The molecule has 4 aliphatic rings. The average Bonchev–Trinajstić information content (AvgIpc) is 2.86. The van der Waals surface area contributed by atoms with Gasteiger partial charge in [-0.05, 0) is 61.8 Å². The number of ether oxygens (including phenoxy) is 1. The second kappa shape index (κ2) is 6.08. The number of nitrogens with zero attached hydrogens (tertiary/aromatic N) is 1. The first-order valence-corrected chi connectivity index (χ1v) is 9.72. The monoisotopic (exact) mass is 343 g/mol. The van der Waals surface area contributed by atoms with Crippen LogP contribution in [-0.4, -0.2) is 42.4 Å². The molecule has 0 aromatic rings. The zero-order valence-corrected chi connectivity index (χ0v) is 15.6. The third-order valence-electron chi connectivity index (χ3n) is 6.69. The molecule has 4 unspecified atom stereocenters. The van der Waals surface area contributed by atoms with Crippen molar-refractivity contribution in [1.82, 2.24) is 4.90 Å². The molecule has 136 valence electrons. The van der Waals surface area contributed by atoms with Gasteiger partial charge in [-0.2, -0.15) is 0 Å². The molecule has 0 N–H and O–H groups in total. The van der Waals surface area contributed by atoms with E-state index < -0.39 is 0 Å². The van der Waals surface area contributed by atoms with Crippen LogP contribution in [0.3, 0.4) is 0 Å². The van der Waals surface area contributed by atoms with Crippen molar-refractivity contribution in [1.29, 1.82) is 0 Å². The normalized spacial score (nSPS) is 37.7. The zero-order valence-electron chi connectivity index (χ0n) is 15.6. The lowest BCUT2D eigenvalue weighted by molar-refractivity contribution is -0.144. The van der Waals surface area contributed by atoms with Gasteiger partial charge in [0.1, 0.15) is 6.10 Å². The van der Waals surface area contributed by atoms with Gasteiger partial charge in [0.05, 0.1) is 5.92 Å². The van der Waals surface area contributed by atoms with E-state index in [2.05, 4.69) is 18.7 Å². The van der Waals surface area contributed by atoms with Crippen molar-refractivity contribution in [3.63, 3.8) is 0 Å². The Labute approximate surface area is 150 Å². The molecule has 0 aromatic carbocycles. The van der Waals surface area contributed by atoms with Crippen molar-refractivity contribution < 1.29 is 14.3 Å². The predicted molar refractivity (Wildman–Crippen MR) is 95.9 cm³/mol. The van der Waals surface area contributed by atoms with E-state index in [4.69, 9.17) is 4.74 Å². The van der Waals surface area contributed by atoms with Gasteiger partial charge >= 0.3 is 5.97 Å². The Morgan fingerprint density at radius 2 is 2.08 bits per heavy atom. The van der Waals surface area contributed by atoms with Crippen molar-refractivity contribution in [3.8, 4) is 0 Å². The van der Waals surface area contributed by atoms with Gasteiger partial charge in [-0.3, -0.25) is 9.59 Å². The van der Waals surface area contributed by atoms with Crippen LogP contribution in [0.2, 0.25) is 0 Å². The first-order valence-electron chi connectivity index (χ1n) is 9.72. The quantitative estimate of drug-likeness (QED) is 0.723. The Morgan fingerprint density at radius 1 is 1.28 bits per heavy atom. The maximum atomic E-state index is 12.7. The molecule has 0 radical (unpaired) electrons. The molecule has 0 aromatic heterocycles. The largest absolute Gasteiger partial charge is 0.457 e. The second-order valence-corrected chi connectivity index (χ2v) is 9.12. The van der Waals surface area contributed by atoms with Gasteiger partial charge in [0, 0.05) is 24.9 Å².